The molecular formula is C4H10O4S3. The topological polar surface area (TPSA) is 52.6 Å². The zero-order valence-electron chi connectivity index (χ0n) is 6.09. The maximum Gasteiger partial charge on any atom is 0.401 e. The molecule has 0 aliphatic heterocycles. The monoisotopic (exact) mass is 218 g/mol. The van der Waals surface area contributed by atoms with Gasteiger partial charge in [0.2, 0.25) is 0 Å². The molecule has 2 unspecified atom stereocenters. The lowest BCUT2D eigenvalue weighted by Crippen LogP contribution is -2.16. The molecule has 0 radical (unpaired) electrons. The Hall–Kier alpha value is 0.570. The number of hydrogen-bond donors (Lipinski definition) is 2. The van der Waals surface area contributed by atoms with Crippen LogP contribution in [0, 0.1) is 0 Å². The summed E-state index contributed by atoms with van der Waals surface area (Å²) < 4.78 is 30.0. The van der Waals surface area contributed by atoms with Crippen molar-refractivity contribution in [3.8, 4) is 0 Å². The van der Waals surface area contributed by atoms with E-state index in [1.165, 1.54) is 13.8 Å². The Morgan fingerprint density at radius 2 is 1.36 bits per heavy atom. The maximum atomic E-state index is 10.7. The maximum absolute atomic E-state index is 10.7. The van der Waals surface area contributed by atoms with Crippen LogP contribution >= 0.6 is 25.3 Å². The Labute approximate surface area is 77.4 Å². The molecule has 0 bridgehead atoms. The van der Waals surface area contributed by atoms with Gasteiger partial charge in [0.15, 0.2) is 0 Å². The fourth-order valence-corrected chi connectivity index (χ4v) is 1.72. The third-order valence-electron chi connectivity index (χ3n) is 0.514. The van der Waals surface area contributed by atoms with Crippen LogP contribution in [0.25, 0.3) is 0 Å². The second kappa shape index (κ2) is 4.56. The van der Waals surface area contributed by atoms with Crippen LogP contribution in [0.3, 0.4) is 0 Å². The molecule has 68 valence electrons. The van der Waals surface area contributed by atoms with Crippen molar-refractivity contribution in [1.29, 1.82) is 0 Å². The zero-order valence-corrected chi connectivity index (χ0v) is 8.70. The first-order valence-electron chi connectivity index (χ1n) is 2.81. The lowest BCUT2D eigenvalue weighted by Gasteiger charge is -2.08. The lowest BCUT2D eigenvalue weighted by molar-refractivity contribution is 0.206. The van der Waals surface area contributed by atoms with Gasteiger partial charge in [-0.15, -0.1) is 25.3 Å². The van der Waals surface area contributed by atoms with Crippen LogP contribution in [-0.2, 0) is 18.8 Å². The molecule has 0 aromatic carbocycles. The van der Waals surface area contributed by atoms with Crippen molar-refractivity contribution in [3.05, 3.63) is 0 Å². The SMILES string of the molecule is CC(S)OS(=O)(=O)OC(C)S. The molecule has 0 N–H and O–H groups in total. The van der Waals surface area contributed by atoms with E-state index in [1.807, 2.05) is 0 Å². The van der Waals surface area contributed by atoms with Crippen LogP contribution in [-0.4, -0.2) is 19.3 Å². The molecule has 0 saturated carbocycles. The molecule has 0 amide bonds. The van der Waals surface area contributed by atoms with Gasteiger partial charge in [-0.2, -0.15) is 8.42 Å². The van der Waals surface area contributed by atoms with Gasteiger partial charge >= 0.3 is 10.4 Å². The van der Waals surface area contributed by atoms with Crippen molar-refractivity contribution in [1.82, 2.24) is 0 Å². The molecular weight excluding hydrogens is 208 g/mol. The van der Waals surface area contributed by atoms with Crippen LogP contribution in [0.1, 0.15) is 13.8 Å². The van der Waals surface area contributed by atoms with E-state index >= 15 is 0 Å². The highest BCUT2D eigenvalue weighted by Crippen LogP contribution is 2.08. The van der Waals surface area contributed by atoms with Gasteiger partial charge in [0.25, 0.3) is 0 Å². The molecule has 0 spiro atoms. The molecule has 2 atom stereocenters. The van der Waals surface area contributed by atoms with Gasteiger partial charge in [-0.25, -0.2) is 8.37 Å². The van der Waals surface area contributed by atoms with E-state index in [2.05, 4.69) is 33.6 Å². The van der Waals surface area contributed by atoms with Gasteiger partial charge in [-0.3, -0.25) is 0 Å². The van der Waals surface area contributed by atoms with Crippen LogP contribution < -0.4 is 0 Å². The molecule has 0 fully saturated rings. The van der Waals surface area contributed by atoms with Crippen LogP contribution in [0.2, 0.25) is 0 Å². The molecule has 0 saturated heterocycles. The normalized spacial score (nSPS) is 17.8. The average molecular weight is 218 g/mol. The predicted octanol–water partition coefficient (Wildman–Crippen LogP) is 0.816. The number of rotatable bonds is 4. The molecule has 7 heteroatoms. The number of thiol groups is 2. The molecule has 11 heavy (non-hydrogen) atoms. The minimum absolute atomic E-state index is 0.716. The van der Waals surface area contributed by atoms with Crippen molar-refractivity contribution in [2.75, 3.05) is 0 Å². The van der Waals surface area contributed by atoms with Crippen molar-refractivity contribution in [2.24, 2.45) is 0 Å². The molecule has 0 aliphatic carbocycles. The molecule has 4 nitrogen and oxygen atoms in total. The summed E-state index contributed by atoms with van der Waals surface area (Å²) in [6.07, 6.45) is 0. The second-order valence-electron chi connectivity index (χ2n) is 1.80. The van der Waals surface area contributed by atoms with Crippen molar-refractivity contribution in [3.63, 3.8) is 0 Å². The van der Waals surface area contributed by atoms with Gasteiger partial charge < -0.3 is 0 Å². The summed E-state index contributed by atoms with van der Waals surface area (Å²) >= 11 is 7.42. The first-order chi connectivity index (χ1) is 4.83. The summed E-state index contributed by atoms with van der Waals surface area (Å²) in [7, 11) is -3.93. The minimum atomic E-state index is -3.93. The van der Waals surface area contributed by atoms with Crippen molar-refractivity contribution >= 4 is 35.7 Å². The summed E-state index contributed by atoms with van der Waals surface area (Å²) in [4.78, 5) is 0. The van der Waals surface area contributed by atoms with E-state index in [0.717, 1.165) is 0 Å². The molecule has 0 heterocycles. The molecule has 0 rings (SSSR count). The summed E-state index contributed by atoms with van der Waals surface area (Å²) in [5.74, 6) is 0. The Morgan fingerprint density at radius 1 is 1.09 bits per heavy atom. The predicted molar refractivity (Wildman–Crippen MR) is 48.0 cm³/mol. The third-order valence-corrected chi connectivity index (χ3v) is 2.06. The standard InChI is InChI=1S/C4H10O4S3/c1-3(9)7-11(5,6)8-4(2)10/h3-4,9-10H,1-2H3. The number of hydrogen-bond acceptors (Lipinski definition) is 6. The quantitative estimate of drug-likeness (QED) is 0.542. The third kappa shape index (κ3) is 6.95. The highest BCUT2D eigenvalue weighted by Gasteiger charge is 2.16. The van der Waals surface area contributed by atoms with E-state index in [4.69, 9.17) is 0 Å². The highest BCUT2D eigenvalue weighted by atomic mass is 32.3. The smallest absolute Gasteiger partial charge is 0.234 e. The van der Waals surface area contributed by atoms with E-state index < -0.39 is 21.3 Å². The fraction of sp³-hybridized carbons (Fsp3) is 1.00. The van der Waals surface area contributed by atoms with Gasteiger partial charge in [0.05, 0.1) is 0 Å². The van der Waals surface area contributed by atoms with Crippen LogP contribution in [0.15, 0.2) is 0 Å². The van der Waals surface area contributed by atoms with Crippen LogP contribution in [0.5, 0.6) is 0 Å². The summed E-state index contributed by atoms with van der Waals surface area (Å²) in [5.41, 5.74) is -1.43. The van der Waals surface area contributed by atoms with E-state index in [9.17, 15) is 8.42 Å². The van der Waals surface area contributed by atoms with Gasteiger partial charge in [0, 0.05) is 0 Å². The Kier molecular flexibility index (Phi) is 4.80. The first kappa shape index (κ1) is 11.6. The largest absolute Gasteiger partial charge is 0.401 e. The summed E-state index contributed by atoms with van der Waals surface area (Å²) in [6.45, 7) is 2.93. The second-order valence-corrected chi connectivity index (χ2v) is 4.46. The minimum Gasteiger partial charge on any atom is -0.234 e. The highest BCUT2D eigenvalue weighted by molar-refractivity contribution is 7.85. The average Bonchev–Trinajstić information content (AvgIpc) is 1.53. The van der Waals surface area contributed by atoms with Crippen LogP contribution in [0.4, 0.5) is 0 Å². The molecule has 0 aromatic rings. The zero-order chi connectivity index (χ0) is 9.07. The fourth-order valence-electron chi connectivity index (χ4n) is 0.364. The Balaban J connectivity index is 4.03. The van der Waals surface area contributed by atoms with Gasteiger partial charge in [-0.05, 0) is 13.8 Å². The Bertz CT molecular complexity index is 179. The van der Waals surface area contributed by atoms with Crippen molar-refractivity contribution < 1.29 is 16.8 Å². The first-order valence-corrected chi connectivity index (χ1v) is 5.18. The van der Waals surface area contributed by atoms with E-state index in [0.29, 0.717) is 0 Å². The lowest BCUT2D eigenvalue weighted by atomic mass is 10.9. The van der Waals surface area contributed by atoms with Crippen molar-refractivity contribution in [2.45, 2.75) is 24.7 Å². The van der Waals surface area contributed by atoms with E-state index in [1.54, 1.807) is 0 Å². The van der Waals surface area contributed by atoms with E-state index in [-0.39, 0.29) is 0 Å². The summed E-state index contributed by atoms with van der Waals surface area (Å²) in [5, 5.41) is 0. The Morgan fingerprint density at radius 3 is 1.55 bits per heavy atom. The van der Waals surface area contributed by atoms with Gasteiger partial charge in [0.1, 0.15) is 10.9 Å². The molecule has 0 aliphatic rings. The molecule has 0 aromatic heterocycles. The summed E-state index contributed by atoms with van der Waals surface area (Å²) in [6, 6.07) is 0. The van der Waals surface area contributed by atoms with Gasteiger partial charge in [-0.1, -0.05) is 0 Å².